The van der Waals surface area contributed by atoms with Crippen LogP contribution in [-0.2, 0) is 14.4 Å². The maximum Gasteiger partial charge on any atom is 0.242 e. The molecule has 0 aliphatic rings. The summed E-state index contributed by atoms with van der Waals surface area (Å²) in [4.78, 5) is 38.2. The molecule has 0 aliphatic heterocycles. The summed E-state index contributed by atoms with van der Waals surface area (Å²) in [5, 5.41) is 8.09. The maximum atomic E-state index is 12.1. The van der Waals surface area contributed by atoms with E-state index in [9.17, 15) is 14.4 Å². The summed E-state index contributed by atoms with van der Waals surface area (Å²) in [5.41, 5.74) is 0.753. The van der Waals surface area contributed by atoms with Crippen molar-refractivity contribution in [1.82, 2.24) is 15.5 Å². The number of para-hydroxylation sites is 1. The van der Waals surface area contributed by atoms with Crippen molar-refractivity contribution in [1.29, 1.82) is 0 Å². The van der Waals surface area contributed by atoms with Crippen LogP contribution >= 0.6 is 11.8 Å². The summed E-state index contributed by atoms with van der Waals surface area (Å²) in [5.74, 6) is -0.739. The van der Waals surface area contributed by atoms with Crippen LogP contribution in [0.25, 0.3) is 0 Å². The van der Waals surface area contributed by atoms with Gasteiger partial charge in [0.1, 0.15) is 6.04 Å². The minimum Gasteiger partial charge on any atom is -0.355 e. The number of hydrogen-bond acceptors (Lipinski definition) is 5. The number of nitrogens with zero attached hydrogens (tertiary/aromatic N) is 1. The number of thioether (sulfide) groups is 1. The zero-order chi connectivity index (χ0) is 18.8. The first kappa shape index (κ1) is 21.0. The van der Waals surface area contributed by atoms with E-state index in [2.05, 4.69) is 16.0 Å². The molecule has 3 amide bonds. The van der Waals surface area contributed by atoms with Gasteiger partial charge in [0.25, 0.3) is 0 Å². The predicted octanol–water partition coefficient (Wildman–Crippen LogP) is 0.920. The molecule has 0 heterocycles. The van der Waals surface area contributed by atoms with Gasteiger partial charge in [-0.2, -0.15) is 0 Å². The highest BCUT2D eigenvalue weighted by Gasteiger charge is 2.17. The molecule has 1 aromatic carbocycles. The lowest BCUT2D eigenvalue weighted by atomic mass is 10.3. The van der Waals surface area contributed by atoms with E-state index in [-0.39, 0.29) is 30.8 Å². The Labute approximate surface area is 152 Å². The van der Waals surface area contributed by atoms with Gasteiger partial charge in [0.15, 0.2) is 0 Å². The van der Waals surface area contributed by atoms with Crippen LogP contribution in [0.2, 0.25) is 0 Å². The van der Waals surface area contributed by atoms with Gasteiger partial charge >= 0.3 is 0 Å². The average molecular weight is 366 g/mol. The van der Waals surface area contributed by atoms with Crippen molar-refractivity contribution < 1.29 is 14.4 Å². The average Bonchev–Trinajstić information content (AvgIpc) is 2.54. The first-order valence-electron chi connectivity index (χ1n) is 8.05. The molecule has 0 radical (unpaired) electrons. The fourth-order valence-electron chi connectivity index (χ4n) is 2.16. The highest BCUT2D eigenvalue weighted by atomic mass is 32.2. The van der Waals surface area contributed by atoms with Crippen molar-refractivity contribution in [2.45, 2.75) is 24.8 Å². The quantitative estimate of drug-likeness (QED) is 0.566. The molecule has 1 atom stereocenters. The third-order valence-electron chi connectivity index (χ3n) is 3.33. The summed E-state index contributed by atoms with van der Waals surface area (Å²) in [7, 11) is 1.68. The van der Waals surface area contributed by atoms with Crippen molar-refractivity contribution in [2.24, 2.45) is 0 Å². The number of amides is 3. The largest absolute Gasteiger partial charge is 0.355 e. The molecule has 0 unspecified atom stereocenters. The zero-order valence-electron chi connectivity index (χ0n) is 15.1. The number of carbonyl (C=O) groups excluding carboxylic acids is 3. The van der Waals surface area contributed by atoms with E-state index in [1.54, 1.807) is 30.6 Å². The Morgan fingerprint density at radius 3 is 2.44 bits per heavy atom. The molecule has 0 fully saturated rings. The molecule has 0 aliphatic carbocycles. The van der Waals surface area contributed by atoms with E-state index >= 15 is 0 Å². The second-order valence-corrected chi connectivity index (χ2v) is 6.45. The number of rotatable bonds is 9. The molecule has 3 N–H and O–H groups in total. The molecule has 25 heavy (non-hydrogen) atoms. The van der Waals surface area contributed by atoms with Crippen LogP contribution in [0, 0.1) is 0 Å². The third-order valence-corrected chi connectivity index (χ3v) is 4.13. The first-order valence-corrected chi connectivity index (χ1v) is 9.28. The van der Waals surface area contributed by atoms with Crippen molar-refractivity contribution in [3.8, 4) is 0 Å². The second kappa shape index (κ2) is 10.7. The Hall–Kier alpha value is -2.06. The van der Waals surface area contributed by atoms with E-state index in [1.165, 1.54) is 0 Å². The molecule has 7 nitrogen and oxygen atoms in total. The van der Waals surface area contributed by atoms with Gasteiger partial charge in [-0.25, -0.2) is 0 Å². The number of anilines is 1. The number of carbonyl (C=O) groups is 3. The summed E-state index contributed by atoms with van der Waals surface area (Å²) < 4.78 is 0. The monoisotopic (exact) mass is 366 g/mol. The van der Waals surface area contributed by atoms with E-state index in [4.69, 9.17) is 0 Å². The maximum absolute atomic E-state index is 12.1. The molecule has 0 bridgehead atoms. The van der Waals surface area contributed by atoms with Crippen molar-refractivity contribution in [3.05, 3.63) is 24.3 Å². The van der Waals surface area contributed by atoms with E-state index in [0.717, 1.165) is 10.6 Å². The lowest BCUT2D eigenvalue weighted by molar-refractivity contribution is -0.129. The van der Waals surface area contributed by atoms with Crippen LogP contribution in [0.4, 0.5) is 5.69 Å². The van der Waals surface area contributed by atoms with Crippen LogP contribution in [0.5, 0.6) is 0 Å². The lowest BCUT2D eigenvalue weighted by Crippen LogP contribution is -2.48. The van der Waals surface area contributed by atoms with Crippen LogP contribution in [-0.4, -0.2) is 61.6 Å². The normalized spacial score (nSPS) is 11.7. The number of hydrogen-bond donors (Lipinski definition) is 3. The molecule has 0 aromatic heterocycles. The Morgan fingerprint density at radius 1 is 1.16 bits per heavy atom. The van der Waals surface area contributed by atoms with Gasteiger partial charge < -0.3 is 16.0 Å². The molecule has 1 rings (SSSR count). The Kier molecular flexibility index (Phi) is 9.01. The number of likely N-dealkylation sites (N-methyl/N-ethyl adjacent to an activating group) is 2. The van der Waals surface area contributed by atoms with Crippen LogP contribution in [0.15, 0.2) is 29.2 Å². The van der Waals surface area contributed by atoms with Crippen molar-refractivity contribution in [2.75, 3.05) is 38.3 Å². The van der Waals surface area contributed by atoms with Crippen LogP contribution < -0.4 is 16.0 Å². The summed E-state index contributed by atoms with van der Waals surface area (Å²) in [6.07, 6.45) is 1.94. The van der Waals surface area contributed by atoms with Gasteiger partial charge in [0.2, 0.25) is 17.7 Å². The zero-order valence-corrected chi connectivity index (χ0v) is 15.9. The van der Waals surface area contributed by atoms with E-state index in [0.29, 0.717) is 6.54 Å². The highest BCUT2D eigenvalue weighted by molar-refractivity contribution is 7.98. The molecular formula is C17H26N4O3S. The van der Waals surface area contributed by atoms with Crippen molar-refractivity contribution >= 4 is 35.2 Å². The molecule has 0 spiro atoms. The minimum absolute atomic E-state index is 0.0291. The molecule has 0 saturated carbocycles. The topological polar surface area (TPSA) is 90.5 Å². The fraction of sp³-hybridized carbons (Fsp3) is 0.471. The lowest BCUT2D eigenvalue weighted by Gasteiger charge is -2.18. The van der Waals surface area contributed by atoms with Gasteiger partial charge in [-0.1, -0.05) is 12.1 Å². The number of benzene rings is 1. The Morgan fingerprint density at radius 2 is 1.80 bits per heavy atom. The SMILES string of the molecule is CCNC(=O)[C@@H](C)NC(=O)CN(C)CC(=O)Nc1ccccc1SC. The molecule has 1 aromatic rings. The van der Waals surface area contributed by atoms with Gasteiger partial charge in [-0.05, 0) is 39.3 Å². The van der Waals surface area contributed by atoms with Crippen LogP contribution in [0.3, 0.4) is 0 Å². The highest BCUT2D eigenvalue weighted by Crippen LogP contribution is 2.24. The fourth-order valence-corrected chi connectivity index (χ4v) is 2.72. The summed E-state index contributed by atoms with van der Waals surface area (Å²) in [6.45, 7) is 4.05. The van der Waals surface area contributed by atoms with Crippen molar-refractivity contribution in [3.63, 3.8) is 0 Å². The van der Waals surface area contributed by atoms with Gasteiger partial charge in [0.05, 0.1) is 18.8 Å². The molecule has 8 heteroatoms. The van der Waals surface area contributed by atoms with Crippen LogP contribution in [0.1, 0.15) is 13.8 Å². The molecule has 138 valence electrons. The Bertz CT molecular complexity index is 609. The smallest absolute Gasteiger partial charge is 0.242 e. The first-order chi connectivity index (χ1) is 11.9. The van der Waals surface area contributed by atoms with Gasteiger partial charge in [-0.15, -0.1) is 11.8 Å². The number of nitrogens with one attached hydrogen (secondary N) is 3. The van der Waals surface area contributed by atoms with E-state index < -0.39 is 6.04 Å². The molecule has 0 saturated heterocycles. The van der Waals surface area contributed by atoms with E-state index in [1.807, 2.05) is 37.4 Å². The van der Waals surface area contributed by atoms with Gasteiger partial charge in [-0.3, -0.25) is 19.3 Å². The second-order valence-electron chi connectivity index (χ2n) is 5.60. The Balaban J connectivity index is 2.45. The third kappa shape index (κ3) is 7.57. The van der Waals surface area contributed by atoms with Gasteiger partial charge in [0, 0.05) is 11.4 Å². The standard InChI is InChI=1S/C17H26N4O3S/c1-5-18-17(24)12(2)19-15(22)10-21(3)11-16(23)20-13-8-6-7-9-14(13)25-4/h6-9,12H,5,10-11H2,1-4H3,(H,18,24)(H,19,22)(H,20,23)/t12-/m1/s1. The molecular weight excluding hydrogens is 340 g/mol. The summed E-state index contributed by atoms with van der Waals surface area (Å²) in [6, 6.07) is 6.93. The predicted molar refractivity (Wildman–Crippen MR) is 101 cm³/mol. The summed E-state index contributed by atoms with van der Waals surface area (Å²) >= 11 is 1.55. The minimum atomic E-state index is -0.608.